The van der Waals surface area contributed by atoms with Gasteiger partial charge in [0.1, 0.15) is 6.04 Å². The Hall–Kier alpha value is -2.58. The minimum absolute atomic E-state index is 0.109. The molecule has 1 atom stereocenters. The van der Waals surface area contributed by atoms with E-state index < -0.39 is 16.1 Å². The van der Waals surface area contributed by atoms with E-state index in [1.54, 1.807) is 24.1 Å². The van der Waals surface area contributed by atoms with Crippen LogP contribution in [0, 0.1) is 13.8 Å². The van der Waals surface area contributed by atoms with Crippen LogP contribution in [0.25, 0.3) is 0 Å². The van der Waals surface area contributed by atoms with E-state index in [1.165, 1.54) is 4.31 Å². The fraction of sp³-hybridized carbons (Fsp3) is 0.440. The third-order valence-electron chi connectivity index (χ3n) is 5.55. The zero-order chi connectivity index (χ0) is 25.5. The van der Waals surface area contributed by atoms with E-state index in [1.807, 2.05) is 51.1 Å². The summed E-state index contributed by atoms with van der Waals surface area (Å²) in [6.45, 7) is 6.11. The number of hydrogen-bond acceptors (Lipinski definition) is 4. The lowest BCUT2D eigenvalue weighted by molar-refractivity contribution is -0.141. The Kier molecular flexibility index (Phi) is 9.94. The fourth-order valence-corrected chi connectivity index (χ4v) is 5.05. The first-order valence-electron chi connectivity index (χ1n) is 11.3. The molecule has 7 nitrogen and oxygen atoms in total. The topological polar surface area (TPSA) is 86.8 Å². The van der Waals surface area contributed by atoms with Crippen molar-refractivity contribution in [1.82, 2.24) is 10.2 Å². The van der Waals surface area contributed by atoms with Crippen LogP contribution in [0.3, 0.4) is 0 Å². The van der Waals surface area contributed by atoms with Gasteiger partial charge in [-0.05, 0) is 67.6 Å². The quantitative estimate of drug-likeness (QED) is 0.497. The minimum Gasteiger partial charge on any atom is -0.357 e. The molecule has 9 heteroatoms. The summed E-state index contributed by atoms with van der Waals surface area (Å²) in [4.78, 5) is 27.3. The molecule has 0 bridgehead atoms. The molecular formula is C25H34ClN3O4S. The Morgan fingerprint density at radius 3 is 2.15 bits per heavy atom. The van der Waals surface area contributed by atoms with Gasteiger partial charge in [-0.1, -0.05) is 36.7 Å². The molecule has 0 aliphatic heterocycles. The Bertz CT molecular complexity index is 1080. The van der Waals surface area contributed by atoms with E-state index in [4.69, 9.17) is 11.6 Å². The highest BCUT2D eigenvalue weighted by molar-refractivity contribution is 7.92. The van der Waals surface area contributed by atoms with Crippen LogP contribution in [-0.4, -0.2) is 51.0 Å². The summed E-state index contributed by atoms with van der Waals surface area (Å²) >= 11 is 5.98. The second-order valence-corrected chi connectivity index (χ2v) is 10.8. The molecule has 2 aromatic carbocycles. The molecule has 2 rings (SSSR count). The number of amides is 2. The zero-order valence-corrected chi connectivity index (χ0v) is 22.0. The van der Waals surface area contributed by atoms with Gasteiger partial charge >= 0.3 is 0 Å². The van der Waals surface area contributed by atoms with Crippen LogP contribution >= 0.6 is 11.6 Å². The molecule has 34 heavy (non-hydrogen) atoms. The van der Waals surface area contributed by atoms with Gasteiger partial charge in [0.2, 0.25) is 21.8 Å². The number of sulfonamides is 1. The van der Waals surface area contributed by atoms with Crippen molar-refractivity contribution in [3.05, 3.63) is 64.2 Å². The van der Waals surface area contributed by atoms with Crippen LogP contribution in [0.15, 0.2) is 42.5 Å². The van der Waals surface area contributed by atoms with Gasteiger partial charge in [0.15, 0.2) is 0 Å². The van der Waals surface area contributed by atoms with E-state index >= 15 is 0 Å². The van der Waals surface area contributed by atoms with Crippen LogP contribution in [0.4, 0.5) is 5.69 Å². The Morgan fingerprint density at radius 1 is 1.06 bits per heavy atom. The van der Waals surface area contributed by atoms with Crippen molar-refractivity contribution < 1.29 is 18.0 Å². The van der Waals surface area contributed by atoms with Gasteiger partial charge < -0.3 is 10.2 Å². The molecule has 1 N–H and O–H groups in total. The second-order valence-electron chi connectivity index (χ2n) is 8.47. The number of halogens is 1. The lowest BCUT2D eigenvalue weighted by Crippen LogP contribution is -2.48. The van der Waals surface area contributed by atoms with E-state index in [-0.39, 0.29) is 31.3 Å². The highest BCUT2D eigenvalue weighted by Crippen LogP contribution is 2.22. The molecule has 0 spiro atoms. The van der Waals surface area contributed by atoms with Gasteiger partial charge in [-0.3, -0.25) is 13.9 Å². The predicted octanol–water partition coefficient (Wildman–Crippen LogP) is 4.06. The van der Waals surface area contributed by atoms with Crippen LogP contribution in [-0.2, 0) is 26.2 Å². The number of hydrogen-bond donors (Lipinski definition) is 1. The molecule has 0 heterocycles. The van der Waals surface area contributed by atoms with Gasteiger partial charge in [0.25, 0.3) is 0 Å². The monoisotopic (exact) mass is 507 g/mol. The van der Waals surface area contributed by atoms with Crippen LogP contribution in [0.5, 0.6) is 0 Å². The third kappa shape index (κ3) is 7.74. The smallest absolute Gasteiger partial charge is 0.242 e. The standard InChI is InChI=1S/C25H34ClN3O4S/c1-6-23(25(31)27-4)28(17-20-9-11-21(26)12-10-20)24(30)8-7-13-29(34(5,32)33)22-15-18(2)14-19(3)16-22/h9-12,14-16,23H,6-8,13,17H2,1-5H3,(H,27,31). The Morgan fingerprint density at radius 2 is 1.65 bits per heavy atom. The first kappa shape index (κ1) is 27.7. The number of benzene rings is 2. The average molecular weight is 508 g/mol. The molecule has 186 valence electrons. The number of aryl methyl sites for hydroxylation is 2. The molecule has 1 unspecified atom stereocenters. The van der Waals surface area contributed by atoms with E-state index in [0.717, 1.165) is 22.9 Å². The summed E-state index contributed by atoms with van der Waals surface area (Å²) in [5.41, 5.74) is 3.37. The van der Waals surface area contributed by atoms with Crippen molar-refractivity contribution >= 4 is 39.1 Å². The molecule has 0 aromatic heterocycles. The van der Waals surface area contributed by atoms with Crippen molar-refractivity contribution in [2.75, 3.05) is 24.2 Å². The number of anilines is 1. The van der Waals surface area contributed by atoms with E-state index in [9.17, 15) is 18.0 Å². The van der Waals surface area contributed by atoms with Crippen molar-refractivity contribution in [3.8, 4) is 0 Å². The summed E-state index contributed by atoms with van der Waals surface area (Å²) in [6.07, 6.45) is 2.05. The lowest BCUT2D eigenvalue weighted by atomic mass is 10.1. The molecule has 0 saturated carbocycles. The Balaban J connectivity index is 2.20. The van der Waals surface area contributed by atoms with Crippen molar-refractivity contribution in [2.24, 2.45) is 0 Å². The molecule has 0 fully saturated rings. The highest BCUT2D eigenvalue weighted by Gasteiger charge is 2.28. The first-order chi connectivity index (χ1) is 16.0. The number of carbonyl (C=O) groups excluding carboxylic acids is 2. The second kappa shape index (κ2) is 12.2. The average Bonchev–Trinajstić information content (AvgIpc) is 2.75. The third-order valence-corrected chi connectivity index (χ3v) is 6.99. The number of likely N-dealkylation sites (N-methyl/N-ethyl adjacent to an activating group) is 1. The van der Waals surface area contributed by atoms with Crippen LogP contribution in [0.1, 0.15) is 42.9 Å². The largest absolute Gasteiger partial charge is 0.357 e. The number of carbonyl (C=O) groups is 2. The SMILES string of the molecule is CCC(C(=O)NC)N(Cc1ccc(Cl)cc1)C(=O)CCCN(c1cc(C)cc(C)c1)S(C)(=O)=O. The van der Waals surface area contributed by atoms with Gasteiger partial charge in [-0.15, -0.1) is 0 Å². The summed E-state index contributed by atoms with van der Waals surface area (Å²) in [7, 11) is -1.98. The van der Waals surface area contributed by atoms with E-state index in [2.05, 4.69) is 5.32 Å². The van der Waals surface area contributed by atoms with Gasteiger partial charge in [0.05, 0.1) is 11.9 Å². The predicted molar refractivity (Wildman–Crippen MR) is 137 cm³/mol. The van der Waals surface area contributed by atoms with Crippen LogP contribution in [0.2, 0.25) is 5.02 Å². The molecule has 0 aliphatic rings. The summed E-state index contributed by atoms with van der Waals surface area (Å²) in [5, 5.41) is 3.22. The summed E-state index contributed by atoms with van der Waals surface area (Å²) in [5.74, 6) is -0.447. The molecule has 2 amide bonds. The van der Waals surface area contributed by atoms with Crippen molar-refractivity contribution in [1.29, 1.82) is 0 Å². The minimum atomic E-state index is -3.53. The number of nitrogens with one attached hydrogen (secondary N) is 1. The highest BCUT2D eigenvalue weighted by atomic mass is 35.5. The van der Waals surface area contributed by atoms with Crippen molar-refractivity contribution in [3.63, 3.8) is 0 Å². The lowest BCUT2D eigenvalue weighted by Gasteiger charge is -2.31. The summed E-state index contributed by atoms with van der Waals surface area (Å²) in [6, 6.07) is 12.1. The maximum atomic E-state index is 13.3. The molecule has 2 aromatic rings. The fourth-order valence-electron chi connectivity index (χ4n) is 3.97. The molecular weight excluding hydrogens is 474 g/mol. The van der Waals surface area contributed by atoms with Crippen molar-refractivity contribution in [2.45, 2.75) is 52.6 Å². The van der Waals surface area contributed by atoms with Crippen LogP contribution < -0.4 is 9.62 Å². The first-order valence-corrected chi connectivity index (χ1v) is 13.5. The molecule has 0 aliphatic carbocycles. The Labute approximate surface area is 208 Å². The summed E-state index contributed by atoms with van der Waals surface area (Å²) < 4.78 is 26.3. The number of nitrogens with zero attached hydrogens (tertiary/aromatic N) is 2. The molecule has 0 saturated heterocycles. The van der Waals surface area contributed by atoms with Gasteiger partial charge in [-0.25, -0.2) is 8.42 Å². The van der Waals surface area contributed by atoms with Gasteiger partial charge in [-0.2, -0.15) is 0 Å². The maximum absolute atomic E-state index is 13.3. The normalized spacial score (nSPS) is 12.2. The number of rotatable bonds is 11. The zero-order valence-electron chi connectivity index (χ0n) is 20.5. The molecule has 0 radical (unpaired) electrons. The van der Waals surface area contributed by atoms with E-state index in [0.29, 0.717) is 23.6 Å². The maximum Gasteiger partial charge on any atom is 0.242 e. The van der Waals surface area contributed by atoms with Gasteiger partial charge in [0, 0.05) is 31.6 Å².